The van der Waals surface area contributed by atoms with Gasteiger partial charge < -0.3 is 4.57 Å². The number of carbonyl (C=O) groups is 1. The highest BCUT2D eigenvalue weighted by molar-refractivity contribution is 5.94. The molecule has 1 heterocycles. The van der Waals surface area contributed by atoms with E-state index in [1.165, 1.54) is 22.9 Å². The predicted octanol–water partition coefficient (Wildman–Crippen LogP) is 1.14. The molecule has 5 nitrogen and oxygen atoms in total. The number of rotatable bonds is 3. The van der Waals surface area contributed by atoms with Gasteiger partial charge in [-0.3, -0.25) is 20.4 Å². The van der Waals surface area contributed by atoms with E-state index in [1.54, 1.807) is 7.05 Å². The quantitative estimate of drug-likeness (QED) is 0.795. The van der Waals surface area contributed by atoms with Crippen LogP contribution >= 0.6 is 0 Å². The lowest BCUT2D eigenvalue weighted by Crippen LogP contribution is -2.30. The highest BCUT2D eigenvalue weighted by Crippen LogP contribution is 2.03. The average Bonchev–Trinajstić information content (AvgIpc) is 2.40. The van der Waals surface area contributed by atoms with Crippen LogP contribution in [0.25, 0.3) is 0 Å². The number of hydrazine groups is 1. The number of benzene rings is 1. The minimum Gasteiger partial charge on any atom is -0.318 e. The van der Waals surface area contributed by atoms with E-state index in [0.29, 0.717) is 5.56 Å². The van der Waals surface area contributed by atoms with Gasteiger partial charge in [0.15, 0.2) is 0 Å². The van der Waals surface area contributed by atoms with Crippen molar-refractivity contribution >= 4 is 11.6 Å². The first-order valence-electron chi connectivity index (χ1n) is 5.45. The van der Waals surface area contributed by atoms with Crippen LogP contribution in [0.4, 0.5) is 5.69 Å². The van der Waals surface area contributed by atoms with E-state index in [4.69, 9.17) is 0 Å². The Morgan fingerprint density at radius 1 is 1.11 bits per heavy atom. The Balaban J connectivity index is 2.04. The highest BCUT2D eigenvalue weighted by atomic mass is 16.2. The van der Waals surface area contributed by atoms with Crippen molar-refractivity contribution in [2.24, 2.45) is 7.05 Å². The number of carbonyl (C=O) groups excluding carboxylic acids is 1. The van der Waals surface area contributed by atoms with Crippen LogP contribution in [0.15, 0.2) is 53.5 Å². The fourth-order valence-corrected chi connectivity index (χ4v) is 1.45. The van der Waals surface area contributed by atoms with Crippen LogP contribution in [0, 0.1) is 0 Å². The average molecular weight is 243 g/mol. The lowest BCUT2D eigenvalue weighted by Gasteiger charge is -2.08. The number of aryl methyl sites for hydroxylation is 1. The molecule has 0 fully saturated rings. The molecular weight excluding hydrogens is 230 g/mol. The van der Waals surface area contributed by atoms with Crippen molar-refractivity contribution < 1.29 is 4.79 Å². The van der Waals surface area contributed by atoms with Gasteiger partial charge in [0.2, 0.25) is 5.56 Å². The second-order valence-electron chi connectivity index (χ2n) is 3.81. The Hall–Kier alpha value is -2.56. The summed E-state index contributed by atoms with van der Waals surface area (Å²) in [7, 11) is 1.60. The molecule has 0 radical (unpaired) electrons. The number of amides is 1. The molecule has 0 saturated carbocycles. The van der Waals surface area contributed by atoms with E-state index in [0.717, 1.165) is 5.69 Å². The zero-order chi connectivity index (χ0) is 13.0. The van der Waals surface area contributed by atoms with Crippen LogP contribution in [0.2, 0.25) is 0 Å². The van der Waals surface area contributed by atoms with Crippen LogP contribution in [-0.4, -0.2) is 10.5 Å². The number of nitrogens with zero attached hydrogens (tertiary/aromatic N) is 1. The topological polar surface area (TPSA) is 63.1 Å². The summed E-state index contributed by atoms with van der Waals surface area (Å²) in [5.74, 6) is -0.297. The second-order valence-corrected chi connectivity index (χ2v) is 3.81. The van der Waals surface area contributed by atoms with Gasteiger partial charge in [0.1, 0.15) is 0 Å². The number of nitrogens with one attached hydrogen (secondary N) is 2. The SMILES string of the molecule is Cn1cc(C(=O)NNc2ccccc2)ccc1=O. The molecule has 0 aliphatic carbocycles. The Labute approximate surface area is 104 Å². The van der Waals surface area contributed by atoms with Gasteiger partial charge in [-0.15, -0.1) is 0 Å². The molecule has 0 unspecified atom stereocenters. The summed E-state index contributed by atoms with van der Waals surface area (Å²) in [4.78, 5) is 23.0. The second kappa shape index (κ2) is 5.18. The summed E-state index contributed by atoms with van der Waals surface area (Å²) in [6.45, 7) is 0. The number of para-hydroxylation sites is 1. The van der Waals surface area contributed by atoms with Gasteiger partial charge in [-0.1, -0.05) is 18.2 Å². The predicted molar refractivity (Wildman–Crippen MR) is 69.2 cm³/mol. The molecule has 92 valence electrons. The van der Waals surface area contributed by atoms with Crippen molar-refractivity contribution in [3.8, 4) is 0 Å². The first kappa shape index (κ1) is 11.9. The third-order valence-electron chi connectivity index (χ3n) is 2.44. The Kier molecular flexibility index (Phi) is 3.43. The van der Waals surface area contributed by atoms with Crippen molar-refractivity contribution in [2.75, 3.05) is 5.43 Å². The van der Waals surface area contributed by atoms with Crippen molar-refractivity contribution in [1.82, 2.24) is 9.99 Å². The molecule has 0 spiro atoms. The maximum atomic E-state index is 11.8. The molecule has 0 saturated heterocycles. The number of anilines is 1. The fraction of sp³-hybridized carbons (Fsp3) is 0.0769. The van der Waals surface area contributed by atoms with Crippen LogP contribution in [0.3, 0.4) is 0 Å². The fourth-order valence-electron chi connectivity index (χ4n) is 1.45. The highest BCUT2D eigenvalue weighted by Gasteiger charge is 2.05. The molecule has 0 bridgehead atoms. The zero-order valence-electron chi connectivity index (χ0n) is 9.88. The third kappa shape index (κ3) is 2.76. The molecule has 5 heteroatoms. The molecule has 2 rings (SSSR count). The number of pyridine rings is 1. The molecule has 18 heavy (non-hydrogen) atoms. The standard InChI is InChI=1S/C13H13N3O2/c1-16-9-10(7-8-12(16)17)13(18)15-14-11-5-3-2-4-6-11/h2-9,14H,1H3,(H,15,18). The Morgan fingerprint density at radius 3 is 2.50 bits per heavy atom. The molecule has 1 aromatic carbocycles. The van der Waals surface area contributed by atoms with Gasteiger partial charge in [-0.2, -0.15) is 0 Å². The first-order valence-corrected chi connectivity index (χ1v) is 5.45. The first-order chi connectivity index (χ1) is 8.66. The van der Waals surface area contributed by atoms with Crippen molar-refractivity contribution in [3.05, 3.63) is 64.6 Å². The lowest BCUT2D eigenvalue weighted by atomic mass is 10.3. The molecule has 0 aliphatic rings. The van der Waals surface area contributed by atoms with Gasteiger partial charge >= 0.3 is 0 Å². The molecule has 2 N–H and O–H groups in total. The molecule has 0 aliphatic heterocycles. The lowest BCUT2D eigenvalue weighted by molar-refractivity contribution is 0.0962. The van der Waals surface area contributed by atoms with Gasteiger partial charge in [-0.05, 0) is 18.2 Å². The summed E-state index contributed by atoms with van der Waals surface area (Å²) in [6.07, 6.45) is 1.49. The Morgan fingerprint density at radius 2 is 1.83 bits per heavy atom. The van der Waals surface area contributed by atoms with Crippen LogP contribution in [0.5, 0.6) is 0 Å². The molecule has 2 aromatic rings. The van der Waals surface area contributed by atoms with E-state index in [-0.39, 0.29) is 11.5 Å². The number of hydrogen-bond acceptors (Lipinski definition) is 3. The van der Waals surface area contributed by atoms with E-state index in [1.807, 2.05) is 30.3 Å². The molecule has 1 aromatic heterocycles. The maximum absolute atomic E-state index is 11.8. The summed E-state index contributed by atoms with van der Waals surface area (Å²) < 4.78 is 1.36. The van der Waals surface area contributed by atoms with Crippen molar-refractivity contribution in [3.63, 3.8) is 0 Å². The van der Waals surface area contributed by atoms with Gasteiger partial charge in [0.05, 0.1) is 11.3 Å². The van der Waals surface area contributed by atoms with Crippen molar-refractivity contribution in [2.45, 2.75) is 0 Å². The maximum Gasteiger partial charge on any atom is 0.271 e. The van der Waals surface area contributed by atoms with Crippen LogP contribution in [0.1, 0.15) is 10.4 Å². The van der Waals surface area contributed by atoms with Gasteiger partial charge in [0, 0.05) is 19.3 Å². The van der Waals surface area contributed by atoms with Crippen molar-refractivity contribution in [1.29, 1.82) is 0 Å². The van der Waals surface area contributed by atoms with E-state index in [9.17, 15) is 9.59 Å². The monoisotopic (exact) mass is 243 g/mol. The molecule has 0 atom stereocenters. The minimum atomic E-state index is -0.297. The third-order valence-corrected chi connectivity index (χ3v) is 2.44. The summed E-state index contributed by atoms with van der Waals surface area (Å²) >= 11 is 0. The summed E-state index contributed by atoms with van der Waals surface area (Å²) in [5, 5.41) is 0. The van der Waals surface area contributed by atoms with E-state index in [2.05, 4.69) is 10.9 Å². The number of aromatic nitrogens is 1. The molecular formula is C13H13N3O2. The zero-order valence-corrected chi connectivity index (χ0v) is 9.88. The summed E-state index contributed by atoms with van der Waals surface area (Å²) in [5.41, 5.74) is 6.40. The normalized spacial score (nSPS) is 9.83. The largest absolute Gasteiger partial charge is 0.318 e. The van der Waals surface area contributed by atoms with E-state index >= 15 is 0 Å². The Bertz CT molecular complexity index is 605. The minimum absolute atomic E-state index is 0.150. The smallest absolute Gasteiger partial charge is 0.271 e. The summed E-state index contributed by atoms with van der Waals surface area (Å²) in [6, 6.07) is 12.1. The molecule has 1 amide bonds. The van der Waals surface area contributed by atoms with Crippen LogP contribution in [-0.2, 0) is 7.05 Å². The van der Waals surface area contributed by atoms with Gasteiger partial charge in [-0.25, -0.2) is 0 Å². The van der Waals surface area contributed by atoms with Gasteiger partial charge in [0.25, 0.3) is 5.91 Å². The number of hydrogen-bond donors (Lipinski definition) is 2. The van der Waals surface area contributed by atoms with Crippen LogP contribution < -0.4 is 16.4 Å². The van der Waals surface area contributed by atoms with E-state index < -0.39 is 0 Å².